The molecule has 0 saturated carbocycles. The van der Waals surface area contributed by atoms with E-state index in [1.807, 2.05) is 6.07 Å². The second-order valence-electron chi connectivity index (χ2n) is 5.43. The fourth-order valence-electron chi connectivity index (χ4n) is 3.02. The van der Waals surface area contributed by atoms with E-state index in [0.29, 0.717) is 16.8 Å². The van der Waals surface area contributed by atoms with Gasteiger partial charge >= 0.3 is 0 Å². The molecule has 3 atom stereocenters. The summed E-state index contributed by atoms with van der Waals surface area (Å²) in [6, 6.07) is 6.28. The van der Waals surface area contributed by atoms with E-state index in [9.17, 15) is 0 Å². The van der Waals surface area contributed by atoms with E-state index in [1.54, 1.807) is 0 Å². The minimum atomic E-state index is 0.312. The first-order chi connectivity index (χ1) is 9.79. The molecule has 110 valence electrons. The molecule has 1 aromatic rings. The molecule has 2 aliphatic heterocycles. The lowest BCUT2D eigenvalue weighted by molar-refractivity contribution is 0.0872. The van der Waals surface area contributed by atoms with E-state index >= 15 is 0 Å². The molecule has 0 N–H and O–H groups in total. The van der Waals surface area contributed by atoms with Crippen molar-refractivity contribution < 1.29 is 14.2 Å². The van der Waals surface area contributed by atoms with Crippen LogP contribution in [0.15, 0.2) is 18.2 Å². The molecular weight excluding hydrogens is 320 g/mol. The van der Waals surface area contributed by atoms with Crippen LogP contribution in [-0.2, 0) is 4.74 Å². The first-order valence-electron chi connectivity index (χ1n) is 7.45. The largest absolute Gasteiger partial charge is 0.490 e. The highest BCUT2D eigenvalue weighted by molar-refractivity contribution is 9.09. The molecule has 0 aromatic heterocycles. The van der Waals surface area contributed by atoms with Crippen LogP contribution in [-0.4, -0.2) is 25.9 Å². The Hall–Kier alpha value is -0.740. The van der Waals surface area contributed by atoms with Crippen molar-refractivity contribution in [2.45, 2.75) is 37.1 Å². The zero-order valence-corrected chi connectivity index (χ0v) is 13.4. The molecule has 3 rings (SSSR count). The molecule has 0 aliphatic carbocycles. The Labute approximate surface area is 128 Å². The molecule has 20 heavy (non-hydrogen) atoms. The van der Waals surface area contributed by atoms with Gasteiger partial charge in [0.2, 0.25) is 0 Å². The highest BCUT2D eigenvalue weighted by atomic mass is 79.9. The Kier molecular flexibility index (Phi) is 4.51. The van der Waals surface area contributed by atoms with E-state index < -0.39 is 0 Å². The normalized spacial score (nSPS) is 27.1. The van der Waals surface area contributed by atoms with Crippen molar-refractivity contribution in [3.05, 3.63) is 23.8 Å². The average molecular weight is 341 g/mol. The van der Waals surface area contributed by atoms with Crippen LogP contribution >= 0.6 is 15.9 Å². The van der Waals surface area contributed by atoms with Crippen molar-refractivity contribution in [1.29, 1.82) is 0 Å². The average Bonchev–Trinajstić information content (AvgIpc) is 2.83. The van der Waals surface area contributed by atoms with E-state index in [-0.39, 0.29) is 0 Å². The van der Waals surface area contributed by atoms with Crippen LogP contribution in [0.25, 0.3) is 0 Å². The summed E-state index contributed by atoms with van der Waals surface area (Å²) >= 11 is 3.87. The summed E-state index contributed by atoms with van der Waals surface area (Å²) in [4.78, 5) is 0.312. The summed E-state index contributed by atoms with van der Waals surface area (Å²) in [5.41, 5.74) is 1.25. The maximum atomic E-state index is 5.80. The van der Waals surface area contributed by atoms with E-state index in [4.69, 9.17) is 14.2 Å². The van der Waals surface area contributed by atoms with Gasteiger partial charge < -0.3 is 14.2 Å². The predicted molar refractivity (Wildman–Crippen MR) is 81.9 cm³/mol. The molecule has 1 fully saturated rings. The Morgan fingerprint density at radius 1 is 1.20 bits per heavy atom. The maximum absolute atomic E-state index is 5.80. The highest BCUT2D eigenvalue weighted by Gasteiger charge is 2.33. The van der Waals surface area contributed by atoms with Gasteiger partial charge in [-0.25, -0.2) is 0 Å². The molecular formula is C16H21BrO3. The van der Waals surface area contributed by atoms with Gasteiger partial charge in [0.25, 0.3) is 0 Å². The summed E-state index contributed by atoms with van der Waals surface area (Å²) in [6.07, 6.45) is 3.48. The lowest BCUT2D eigenvalue weighted by Gasteiger charge is -2.23. The molecule has 2 heterocycles. The van der Waals surface area contributed by atoms with E-state index in [2.05, 4.69) is 35.0 Å². The van der Waals surface area contributed by atoms with Crippen molar-refractivity contribution in [2.24, 2.45) is 5.92 Å². The Balaban J connectivity index is 1.81. The molecule has 2 aliphatic rings. The number of ether oxygens (including phenoxy) is 3. The third-order valence-electron chi connectivity index (χ3n) is 4.13. The van der Waals surface area contributed by atoms with Crippen molar-refractivity contribution in [1.82, 2.24) is 0 Å². The van der Waals surface area contributed by atoms with Crippen LogP contribution in [0.3, 0.4) is 0 Å². The Morgan fingerprint density at radius 3 is 2.80 bits per heavy atom. The molecule has 3 nitrogen and oxygen atoms in total. The molecule has 0 bridgehead atoms. The van der Waals surface area contributed by atoms with Gasteiger partial charge in [0, 0.05) is 23.8 Å². The zero-order valence-electron chi connectivity index (χ0n) is 11.8. The maximum Gasteiger partial charge on any atom is 0.161 e. The fraction of sp³-hybridized carbons (Fsp3) is 0.625. The predicted octanol–water partition coefficient (Wildman–Crippen LogP) is 4.10. The fourth-order valence-corrected chi connectivity index (χ4v) is 3.91. The number of halogens is 1. The number of hydrogen-bond donors (Lipinski definition) is 0. The molecule has 1 saturated heterocycles. The summed E-state index contributed by atoms with van der Waals surface area (Å²) in [6.45, 7) is 4.53. The minimum absolute atomic E-state index is 0.312. The second-order valence-corrected chi connectivity index (χ2v) is 6.41. The van der Waals surface area contributed by atoms with Crippen LogP contribution in [0.4, 0.5) is 0 Å². The van der Waals surface area contributed by atoms with E-state index in [1.165, 1.54) is 5.56 Å². The van der Waals surface area contributed by atoms with Gasteiger partial charge in [-0.3, -0.25) is 0 Å². The number of hydrogen-bond acceptors (Lipinski definition) is 3. The standard InChI is InChI=1S/C16H21BrO3/c1-2-13-12(6-9-20-13)16(17)11-4-5-14-15(10-11)19-8-3-7-18-14/h4-5,10,12-13,16H,2-3,6-9H2,1H3. The van der Waals surface area contributed by atoms with Crippen molar-refractivity contribution in [3.8, 4) is 11.5 Å². The number of alkyl halides is 1. The lowest BCUT2D eigenvalue weighted by Crippen LogP contribution is -2.19. The summed E-state index contributed by atoms with van der Waals surface area (Å²) in [7, 11) is 0. The Bertz CT molecular complexity index is 463. The first-order valence-corrected chi connectivity index (χ1v) is 8.36. The van der Waals surface area contributed by atoms with Gasteiger partial charge in [-0.2, -0.15) is 0 Å². The molecule has 4 heteroatoms. The van der Waals surface area contributed by atoms with Gasteiger partial charge in [-0.1, -0.05) is 28.9 Å². The monoisotopic (exact) mass is 340 g/mol. The molecule has 0 amide bonds. The van der Waals surface area contributed by atoms with Crippen LogP contribution in [0.5, 0.6) is 11.5 Å². The zero-order chi connectivity index (χ0) is 13.9. The summed E-state index contributed by atoms with van der Waals surface area (Å²) in [5.74, 6) is 2.27. The number of fused-ring (bicyclic) bond motifs is 1. The van der Waals surface area contributed by atoms with Crippen LogP contribution < -0.4 is 9.47 Å². The quantitative estimate of drug-likeness (QED) is 0.775. The van der Waals surface area contributed by atoms with Gasteiger partial charge in [0.05, 0.1) is 19.3 Å². The van der Waals surface area contributed by atoms with Gasteiger partial charge in [-0.15, -0.1) is 0 Å². The third kappa shape index (κ3) is 2.82. The summed E-state index contributed by atoms with van der Waals surface area (Å²) in [5, 5.41) is 0. The molecule has 3 unspecified atom stereocenters. The van der Waals surface area contributed by atoms with Crippen molar-refractivity contribution in [3.63, 3.8) is 0 Å². The number of rotatable bonds is 3. The molecule has 0 radical (unpaired) electrons. The second kappa shape index (κ2) is 6.35. The lowest BCUT2D eigenvalue weighted by atomic mass is 9.91. The van der Waals surface area contributed by atoms with Crippen LogP contribution in [0, 0.1) is 5.92 Å². The smallest absolute Gasteiger partial charge is 0.161 e. The van der Waals surface area contributed by atoms with Crippen LogP contribution in [0.2, 0.25) is 0 Å². The van der Waals surface area contributed by atoms with Gasteiger partial charge in [-0.05, 0) is 30.5 Å². The van der Waals surface area contributed by atoms with Crippen molar-refractivity contribution >= 4 is 15.9 Å². The van der Waals surface area contributed by atoms with Crippen LogP contribution in [0.1, 0.15) is 36.6 Å². The Morgan fingerprint density at radius 2 is 2.00 bits per heavy atom. The number of benzene rings is 1. The third-order valence-corrected chi connectivity index (χ3v) is 5.34. The minimum Gasteiger partial charge on any atom is -0.490 e. The topological polar surface area (TPSA) is 27.7 Å². The van der Waals surface area contributed by atoms with Gasteiger partial charge in [0.15, 0.2) is 11.5 Å². The first kappa shape index (κ1) is 14.2. The SMILES string of the molecule is CCC1OCCC1C(Br)c1ccc2c(c1)OCCCO2. The van der Waals surface area contributed by atoms with E-state index in [0.717, 1.165) is 50.6 Å². The summed E-state index contributed by atoms with van der Waals surface area (Å²) < 4.78 is 17.3. The highest BCUT2D eigenvalue weighted by Crippen LogP contribution is 2.43. The molecule has 1 aromatic carbocycles. The van der Waals surface area contributed by atoms with Crippen molar-refractivity contribution in [2.75, 3.05) is 19.8 Å². The van der Waals surface area contributed by atoms with Gasteiger partial charge in [0.1, 0.15) is 0 Å². The molecule has 0 spiro atoms.